The van der Waals surface area contributed by atoms with E-state index in [2.05, 4.69) is 20.8 Å². The molecule has 0 saturated carbocycles. The molecule has 1 rings (SSSR count). The Morgan fingerprint density at radius 3 is 2.32 bits per heavy atom. The Balaban J connectivity index is 2.67. The largest absolute Gasteiger partial charge is 0.480 e. The monoisotopic (exact) mass is 283 g/mol. The fraction of sp³-hybridized carbons (Fsp3) is 0.533. The number of rotatable bonds is 7. The maximum atomic E-state index is 10.9. The zero-order valence-corrected chi connectivity index (χ0v) is 12.5. The van der Waals surface area contributed by atoms with Crippen LogP contribution in [0.5, 0.6) is 0 Å². The lowest BCUT2D eigenvalue weighted by molar-refractivity contribution is -0.139. The Labute approximate surface area is 120 Å². The van der Waals surface area contributed by atoms with Gasteiger partial charge < -0.3 is 5.11 Å². The van der Waals surface area contributed by atoms with E-state index >= 15 is 0 Å². The molecule has 1 unspecified atom stereocenters. The van der Waals surface area contributed by atoms with Crippen molar-refractivity contribution in [3.63, 3.8) is 0 Å². The molecule has 0 fully saturated rings. The third-order valence-electron chi connectivity index (χ3n) is 3.01. The second-order valence-electron chi connectivity index (χ2n) is 5.40. The van der Waals surface area contributed by atoms with Crippen molar-refractivity contribution in [3.8, 4) is 0 Å². The molecule has 1 aromatic carbocycles. The van der Waals surface area contributed by atoms with E-state index in [0.717, 1.165) is 18.0 Å². The van der Waals surface area contributed by atoms with E-state index in [1.807, 2.05) is 29.2 Å². The average molecular weight is 284 g/mol. The summed E-state index contributed by atoms with van der Waals surface area (Å²) in [5.41, 5.74) is 1.18. The van der Waals surface area contributed by atoms with Gasteiger partial charge in [-0.25, -0.2) is 0 Å². The first-order chi connectivity index (χ1) is 8.88. The van der Waals surface area contributed by atoms with Crippen molar-refractivity contribution >= 4 is 17.6 Å². The molecular weight excluding hydrogens is 262 g/mol. The van der Waals surface area contributed by atoms with Gasteiger partial charge in [0.1, 0.15) is 0 Å². The smallest absolute Gasteiger partial charge is 0.317 e. The van der Waals surface area contributed by atoms with Crippen LogP contribution in [0.15, 0.2) is 24.3 Å². The van der Waals surface area contributed by atoms with Crippen molar-refractivity contribution in [3.05, 3.63) is 34.9 Å². The summed E-state index contributed by atoms with van der Waals surface area (Å²) in [7, 11) is 0. The molecule has 106 valence electrons. The average Bonchev–Trinajstić information content (AvgIpc) is 2.30. The topological polar surface area (TPSA) is 40.5 Å². The van der Waals surface area contributed by atoms with Gasteiger partial charge in [0.05, 0.1) is 6.54 Å². The van der Waals surface area contributed by atoms with E-state index in [1.165, 1.54) is 5.56 Å². The molecule has 0 aliphatic carbocycles. The molecule has 0 amide bonds. The van der Waals surface area contributed by atoms with E-state index in [0.29, 0.717) is 5.92 Å². The maximum Gasteiger partial charge on any atom is 0.317 e. The summed E-state index contributed by atoms with van der Waals surface area (Å²) in [5, 5.41) is 9.71. The highest BCUT2D eigenvalue weighted by Crippen LogP contribution is 2.14. The standard InChI is InChI=1S/C15H22ClNO2/c1-11(2)9-17(10-15(18)19)12(3)8-13-4-6-14(16)7-5-13/h4-7,11-12H,8-10H2,1-3H3,(H,18,19). The van der Waals surface area contributed by atoms with Crippen molar-refractivity contribution < 1.29 is 9.90 Å². The number of aliphatic carboxylic acids is 1. The molecule has 4 heteroatoms. The third kappa shape index (κ3) is 6.08. The maximum absolute atomic E-state index is 10.9. The lowest BCUT2D eigenvalue weighted by Crippen LogP contribution is -2.40. The highest BCUT2D eigenvalue weighted by molar-refractivity contribution is 6.30. The van der Waals surface area contributed by atoms with Crippen LogP contribution in [0.4, 0.5) is 0 Å². The van der Waals surface area contributed by atoms with Crippen LogP contribution < -0.4 is 0 Å². The molecule has 0 aliphatic heterocycles. The van der Waals surface area contributed by atoms with Crippen molar-refractivity contribution in [2.24, 2.45) is 5.92 Å². The summed E-state index contributed by atoms with van der Waals surface area (Å²) in [5.74, 6) is -0.323. The fourth-order valence-electron chi connectivity index (χ4n) is 2.13. The van der Waals surface area contributed by atoms with Gasteiger partial charge in [-0.1, -0.05) is 37.6 Å². The number of carboxylic acids is 1. The first-order valence-corrected chi connectivity index (χ1v) is 6.96. The predicted octanol–water partition coefficient (Wildman–Crippen LogP) is 3.31. The number of hydrogen-bond donors (Lipinski definition) is 1. The van der Waals surface area contributed by atoms with E-state index in [9.17, 15) is 4.79 Å². The number of hydrogen-bond acceptors (Lipinski definition) is 2. The Kier molecular flexibility index (Phi) is 6.32. The van der Waals surface area contributed by atoms with Gasteiger partial charge >= 0.3 is 5.97 Å². The second kappa shape index (κ2) is 7.51. The van der Waals surface area contributed by atoms with Gasteiger partial charge in [0.2, 0.25) is 0 Å². The fourth-order valence-corrected chi connectivity index (χ4v) is 2.26. The van der Waals surface area contributed by atoms with Crippen LogP contribution in [0.2, 0.25) is 5.02 Å². The summed E-state index contributed by atoms with van der Waals surface area (Å²) in [6.07, 6.45) is 0.831. The molecule has 0 bridgehead atoms. The van der Waals surface area contributed by atoms with Gasteiger partial charge in [-0.15, -0.1) is 0 Å². The number of halogens is 1. The zero-order valence-electron chi connectivity index (χ0n) is 11.8. The molecule has 0 saturated heterocycles. The Hall–Kier alpha value is -1.06. The lowest BCUT2D eigenvalue weighted by atomic mass is 10.0. The van der Waals surface area contributed by atoms with Crippen molar-refractivity contribution in [2.45, 2.75) is 33.2 Å². The number of carboxylic acid groups (broad SMARTS) is 1. The number of carbonyl (C=O) groups is 1. The van der Waals surface area contributed by atoms with Crippen molar-refractivity contribution in [1.29, 1.82) is 0 Å². The molecular formula is C15H22ClNO2. The van der Waals surface area contributed by atoms with Gasteiger partial charge in [-0.2, -0.15) is 0 Å². The van der Waals surface area contributed by atoms with Crippen LogP contribution >= 0.6 is 11.6 Å². The molecule has 0 radical (unpaired) electrons. The van der Waals surface area contributed by atoms with Crippen LogP contribution in [0.25, 0.3) is 0 Å². The van der Waals surface area contributed by atoms with Gasteiger partial charge in [0, 0.05) is 17.6 Å². The van der Waals surface area contributed by atoms with Gasteiger partial charge in [-0.05, 0) is 37.0 Å². The van der Waals surface area contributed by atoms with Crippen LogP contribution in [-0.4, -0.2) is 35.1 Å². The molecule has 0 spiro atoms. The first kappa shape index (κ1) is 16.0. The van der Waals surface area contributed by atoms with E-state index in [4.69, 9.17) is 16.7 Å². The number of nitrogens with zero attached hydrogens (tertiary/aromatic N) is 1. The van der Waals surface area contributed by atoms with Crippen LogP contribution in [0.1, 0.15) is 26.3 Å². The second-order valence-corrected chi connectivity index (χ2v) is 5.83. The van der Waals surface area contributed by atoms with Crippen molar-refractivity contribution in [1.82, 2.24) is 4.90 Å². The predicted molar refractivity (Wildman–Crippen MR) is 78.7 cm³/mol. The molecule has 1 aromatic rings. The first-order valence-electron chi connectivity index (χ1n) is 6.58. The molecule has 0 aliphatic rings. The minimum atomic E-state index is -0.774. The Bertz CT molecular complexity index is 403. The van der Waals surface area contributed by atoms with Gasteiger partial charge in [-0.3, -0.25) is 9.69 Å². The Morgan fingerprint density at radius 1 is 1.26 bits per heavy atom. The normalized spacial score (nSPS) is 12.9. The Morgan fingerprint density at radius 2 is 1.84 bits per heavy atom. The van der Waals surface area contributed by atoms with Crippen molar-refractivity contribution in [2.75, 3.05) is 13.1 Å². The molecule has 3 nitrogen and oxygen atoms in total. The summed E-state index contributed by atoms with van der Waals surface area (Å²) >= 11 is 5.86. The summed E-state index contributed by atoms with van der Waals surface area (Å²) < 4.78 is 0. The molecule has 19 heavy (non-hydrogen) atoms. The molecule has 0 heterocycles. The molecule has 0 aromatic heterocycles. The third-order valence-corrected chi connectivity index (χ3v) is 3.26. The SMILES string of the molecule is CC(C)CN(CC(=O)O)C(C)Cc1ccc(Cl)cc1. The summed E-state index contributed by atoms with van der Waals surface area (Å²) in [4.78, 5) is 12.9. The quantitative estimate of drug-likeness (QED) is 0.834. The van der Waals surface area contributed by atoms with Gasteiger partial charge in [0.15, 0.2) is 0 Å². The minimum absolute atomic E-state index is 0.0902. The molecule has 1 N–H and O–H groups in total. The highest BCUT2D eigenvalue weighted by Gasteiger charge is 2.18. The zero-order chi connectivity index (χ0) is 14.4. The minimum Gasteiger partial charge on any atom is -0.480 e. The summed E-state index contributed by atoms with van der Waals surface area (Å²) in [6, 6.07) is 7.92. The van der Waals surface area contributed by atoms with Crippen LogP contribution in [-0.2, 0) is 11.2 Å². The van der Waals surface area contributed by atoms with E-state index in [-0.39, 0.29) is 12.6 Å². The molecule has 1 atom stereocenters. The lowest BCUT2D eigenvalue weighted by Gasteiger charge is -2.29. The van der Waals surface area contributed by atoms with E-state index < -0.39 is 5.97 Å². The summed E-state index contributed by atoms with van der Waals surface area (Å²) in [6.45, 7) is 7.15. The number of benzene rings is 1. The van der Waals surface area contributed by atoms with Crippen LogP contribution in [0.3, 0.4) is 0 Å². The highest BCUT2D eigenvalue weighted by atomic mass is 35.5. The van der Waals surface area contributed by atoms with Gasteiger partial charge in [0.25, 0.3) is 0 Å². The van der Waals surface area contributed by atoms with E-state index in [1.54, 1.807) is 0 Å². The van der Waals surface area contributed by atoms with Crippen LogP contribution in [0, 0.1) is 5.92 Å².